The second-order valence-electron chi connectivity index (χ2n) is 28.5. The second kappa shape index (κ2) is 18.3. The van der Waals surface area contributed by atoms with Crippen molar-refractivity contribution in [2.75, 3.05) is 0 Å². The van der Waals surface area contributed by atoms with Crippen LogP contribution in [0.15, 0.2) is 146 Å². The summed E-state index contributed by atoms with van der Waals surface area (Å²) < 4.78 is 2.66. The Morgan fingerprint density at radius 3 is 1.09 bits per heavy atom. The maximum Gasteiger partial charge on any atom is 0.219 e. The van der Waals surface area contributed by atoms with E-state index >= 15 is 0 Å². The van der Waals surface area contributed by atoms with E-state index in [1.54, 1.807) is 11.1 Å². The number of nitrogens with zero attached hydrogens (tertiary/aromatic N) is 1. The van der Waals surface area contributed by atoms with Crippen LogP contribution in [-0.4, -0.2) is 0 Å². The van der Waals surface area contributed by atoms with E-state index in [0.29, 0.717) is 16.7 Å². The van der Waals surface area contributed by atoms with E-state index in [4.69, 9.17) is 0 Å². The third-order valence-corrected chi connectivity index (χ3v) is 20.4. The van der Waals surface area contributed by atoms with Crippen LogP contribution in [0.4, 0.5) is 0 Å². The van der Waals surface area contributed by atoms with Crippen LogP contribution in [0.5, 0.6) is 0 Å². The van der Waals surface area contributed by atoms with Gasteiger partial charge >= 0.3 is 0 Å². The fourth-order valence-corrected chi connectivity index (χ4v) is 17.4. The van der Waals surface area contributed by atoms with Gasteiger partial charge in [0.25, 0.3) is 0 Å². The summed E-state index contributed by atoms with van der Waals surface area (Å²) in [4.78, 5) is 0. The van der Waals surface area contributed by atoms with Gasteiger partial charge in [0, 0.05) is 35.4 Å². The van der Waals surface area contributed by atoms with E-state index in [-0.39, 0.29) is 10.8 Å². The molecule has 0 radical (unpaired) electrons. The molecule has 8 aliphatic carbocycles. The summed E-state index contributed by atoms with van der Waals surface area (Å²) >= 11 is 0. The predicted octanol–water partition coefficient (Wildman–Crippen LogP) is 19.3. The van der Waals surface area contributed by atoms with Crippen molar-refractivity contribution < 1.29 is 4.57 Å². The Hall–Kier alpha value is -5.53. The van der Waals surface area contributed by atoms with Crippen molar-refractivity contribution in [3.05, 3.63) is 179 Å². The van der Waals surface area contributed by atoms with E-state index in [1.165, 1.54) is 161 Å². The number of aromatic nitrogens is 1. The third-order valence-electron chi connectivity index (χ3n) is 20.4. The predicted molar refractivity (Wildman–Crippen MR) is 316 cm³/mol. The highest BCUT2D eigenvalue weighted by Gasteiger charge is 2.53. The minimum absolute atomic E-state index is 0.0727. The van der Waals surface area contributed by atoms with Crippen molar-refractivity contribution in [1.82, 2.24) is 0 Å². The van der Waals surface area contributed by atoms with Crippen LogP contribution < -0.4 is 4.57 Å². The normalized spacial score (nSPS) is 26.6. The van der Waals surface area contributed by atoms with E-state index < -0.39 is 0 Å². The van der Waals surface area contributed by atoms with E-state index in [9.17, 15) is 0 Å². The molecule has 6 aromatic carbocycles. The molecule has 384 valence electrons. The minimum atomic E-state index is 0.0727. The molecular weight excluding hydrogens is 903 g/mol. The summed E-state index contributed by atoms with van der Waals surface area (Å²) in [6.07, 6.45) is 18.2. The number of pyridine rings is 1. The van der Waals surface area contributed by atoms with Gasteiger partial charge < -0.3 is 0 Å². The lowest BCUT2D eigenvalue weighted by atomic mass is 9.48. The van der Waals surface area contributed by atoms with Gasteiger partial charge in [-0.05, 0) is 245 Å². The fraction of sp³-hybridized carbons (Fsp3) is 0.446. The van der Waals surface area contributed by atoms with E-state index in [0.717, 1.165) is 41.9 Å². The van der Waals surface area contributed by atoms with E-state index in [2.05, 4.69) is 212 Å². The zero-order valence-electron chi connectivity index (χ0n) is 47.0. The van der Waals surface area contributed by atoms with Crippen LogP contribution in [0.25, 0.3) is 61.6 Å². The van der Waals surface area contributed by atoms with Gasteiger partial charge in [-0.15, -0.1) is 0 Å². The van der Waals surface area contributed by atoms with Crippen molar-refractivity contribution in [1.29, 1.82) is 0 Å². The highest BCUT2D eigenvalue weighted by molar-refractivity contribution is 5.82. The second-order valence-corrected chi connectivity index (χ2v) is 28.5. The molecule has 7 aromatic rings. The molecule has 8 bridgehead atoms. The number of hydrogen-bond acceptors (Lipinski definition) is 0. The Bertz CT molecular complexity index is 3060. The smallest absolute Gasteiger partial charge is 0.153 e. The quantitative estimate of drug-likeness (QED) is 0.120. The summed E-state index contributed by atoms with van der Waals surface area (Å²) in [5.74, 6) is 6.10. The summed E-state index contributed by atoms with van der Waals surface area (Å²) in [6.45, 7) is 21.0. The first-order chi connectivity index (χ1) is 35.9. The van der Waals surface area contributed by atoms with Crippen molar-refractivity contribution in [2.45, 2.75) is 167 Å². The lowest BCUT2D eigenvalue weighted by Crippen LogP contribution is -2.48. The zero-order valence-corrected chi connectivity index (χ0v) is 47.0. The van der Waals surface area contributed by atoms with Crippen molar-refractivity contribution >= 4 is 0 Å². The van der Waals surface area contributed by atoms with E-state index in [1.807, 2.05) is 0 Å². The van der Waals surface area contributed by atoms with Crippen molar-refractivity contribution in [3.8, 4) is 61.6 Å². The maximum atomic E-state index is 2.66. The first-order valence-corrected chi connectivity index (χ1v) is 29.7. The molecule has 1 heterocycles. The Balaban J connectivity index is 1.04. The molecule has 15 rings (SSSR count). The molecule has 0 atom stereocenters. The molecule has 0 unspecified atom stereocenters. The summed E-state index contributed by atoms with van der Waals surface area (Å²) in [6, 6.07) is 58.9. The highest BCUT2D eigenvalue weighted by atomic mass is 15.0. The molecule has 8 fully saturated rings. The molecule has 8 saturated carbocycles. The fourth-order valence-electron chi connectivity index (χ4n) is 17.4. The monoisotopic (exact) mass is 987 g/mol. The number of hydrogen-bond donors (Lipinski definition) is 0. The average molecular weight is 987 g/mol. The molecule has 0 saturated heterocycles. The molecule has 8 aliphatic rings. The van der Waals surface area contributed by atoms with Crippen LogP contribution in [-0.2, 0) is 28.1 Å². The summed E-state index contributed by atoms with van der Waals surface area (Å²) in [7, 11) is 0. The molecule has 1 aromatic heterocycles. The van der Waals surface area contributed by atoms with Gasteiger partial charge in [-0.3, -0.25) is 0 Å². The third kappa shape index (κ3) is 9.09. The topological polar surface area (TPSA) is 3.88 Å². The number of rotatable bonds is 10. The highest BCUT2D eigenvalue weighted by Crippen LogP contribution is 2.62. The molecule has 75 heavy (non-hydrogen) atoms. The van der Waals surface area contributed by atoms with Crippen LogP contribution in [0.2, 0.25) is 0 Å². The van der Waals surface area contributed by atoms with Crippen LogP contribution >= 0.6 is 0 Å². The van der Waals surface area contributed by atoms with Crippen molar-refractivity contribution in [2.24, 2.45) is 41.4 Å². The number of benzene rings is 6. The zero-order chi connectivity index (χ0) is 51.6. The molecule has 1 nitrogen and oxygen atoms in total. The molecular formula is C74H84N+. The van der Waals surface area contributed by atoms with Crippen molar-refractivity contribution in [3.63, 3.8) is 0 Å². The molecule has 0 N–H and O–H groups in total. The molecule has 0 amide bonds. The summed E-state index contributed by atoms with van der Waals surface area (Å²) in [5, 5.41) is 0. The Morgan fingerprint density at radius 2 is 0.747 bits per heavy atom. The Kier molecular flexibility index (Phi) is 12.0. The lowest BCUT2D eigenvalue weighted by Gasteiger charge is -2.57. The maximum absolute atomic E-state index is 2.66. The molecule has 0 aliphatic heterocycles. The summed E-state index contributed by atoms with van der Waals surface area (Å²) in [5.41, 5.74) is 23.3. The van der Waals surface area contributed by atoms with Crippen LogP contribution in [0.3, 0.4) is 0 Å². The lowest BCUT2D eigenvalue weighted by molar-refractivity contribution is -0.572. The first-order valence-electron chi connectivity index (χ1n) is 29.7. The van der Waals surface area contributed by atoms with Gasteiger partial charge in [0.05, 0.1) is 0 Å². The van der Waals surface area contributed by atoms with Gasteiger partial charge in [-0.2, -0.15) is 4.57 Å². The SMILES string of the molecule is Cc1c(-c2ccc(CC(C)C)cc2)cc(-[n+]2c(-c3ccc(C45CC6CC(CC(C6)C4)C5)cc3)cc(-c3ccc(C(C)(C)C)cc3)cc2-c2ccc(C34CC5CC(CC(C5)C3)C4)cc2)cc1-c1ccc(C(C)(C)C)cc1. The van der Waals surface area contributed by atoms with Gasteiger partial charge in [0.15, 0.2) is 0 Å². The average Bonchev–Trinajstić information content (AvgIpc) is 3.38. The van der Waals surface area contributed by atoms with Gasteiger partial charge in [-0.25, -0.2) is 0 Å². The van der Waals surface area contributed by atoms with Crippen LogP contribution in [0, 0.1) is 48.3 Å². The Morgan fingerprint density at radius 1 is 0.413 bits per heavy atom. The van der Waals surface area contributed by atoms with Crippen LogP contribution in [0.1, 0.15) is 166 Å². The largest absolute Gasteiger partial charge is 0.219 e. The van der Waals surface area contributed by atoms with Gasteiger partial charge in [-0.1, -0.05) is 152 Å². The van der Waals surface area contributed by atoms with Gasteiger partial charge in [0.1, 0.15) is 0 Å². The Labute approximate surface area is 451 Å². The molecule has 0 spiro atoms. The first kappa shape index (κ1) is 49.1. The minimum Gasteiger partial charge on any atom is -0.153 e. The molecule has 1 heteroatoms. The van der Waals surface area contributed by atoms with Gasteiger partial charge in [0.2, 0.25) is 17.1 Å². The standard InChI is InChI=1S/C74H84N/c1-47(2)30-49-10-12-57(13-11-49)67-39-66(40-68(48(67)3)58-16-24-63(25-17-58)72(7,8)9)75-69(59-18-26-64(27-19-59)73-41-50-31-51(42-73)33-52(32-50)43-73)37-61(56-14-22-62(23-15-56)71(4,5)6)38-70(75)60-20-28-65(29-21-60)74-44-53-34-54(45-74)36-55(35-53)46-74/h10-29,37-40,47,50-55H,30-36,41-46H2,1-9H3/q+1.